The summed E-state index contributed by atoms with van der Waals surface area (Å²) in [5.41, 5.74) is 1.55. The van der Waals surface area contributed by atoms with E-state index in [4.69, 9.17) is 0 Å². The summed E-state index contributed by atoms with van der Waals surface area (Å²) in [6, 6.07) is 0. The molecule has 0 spiro atoms. The fourth-order valence-corrected chi connectivity index (χ4v) is 1.94. The first-order chi connectivity index (χ1) is 5.91. The van der Waals surface area contributed by atoms with Crippen LogP contribution in [0.15, 0.2) is 17.6 Å². The highest BCUT2D eigenvalue weighted by molar-refractivity contribution is 5.91. The molecule has 13 heavy (non-hydrogen) atoms. The van der Waals surface area contributed by atoms with E-state index in [2.05, 4.69) is 43.8 Å². The molecule has 1 heterocycles. The van der Waals surface area contributed by atoms with Crippen molar-refractivity contribution in [2.24, 2.45) is 10.4 Å². The Balaban J connectivity index is 3.22. The largest absolute Gasteiger partial charge is 0.280 e. The van der Waals surface area contributed by atoms with E-state index < -0.39 is 0 Å². The van der Waals surface area contributed by atoms with E-state index in [0.717, 1.165) is 0 Å². The van der Waals surface area contributed by atoms with E-state index in [1.807, 2.05) is 12.4 Å². The SMILES string of the molecule is C=CC1(C)[N+](C=NC)=C(C)C1(C)C. The molecule has 0 aromatic heterocycles. The summed E-state index contributed by atoms with van der Waals surface area (Å²) in [6.45, 7) is 12.7. The Morgan fingerprint density at radius 1 is 1.38 bits per heavy atom. The second-order valence-electron chi connectivity index (χ2n) is 4.31. The number of aliphatic imine (C=N–C) groups is 1. The van der Waals surface area contributed by atoms with Gasteiger partial charge in [-0.25, -0.2) is 4.58 Å². The van der Waals surface area contributed by atoms with Gasteiger partial charge in [0, 0.05) is 0 Å². The van der Waals surface area contributed by atoms with Gasteiger partial charge in [0.05, 0.1) is 11.1 Å². The van der Waals surface area contributed by atoms with Gasteiger partial charge in [-0.3, -0.25) is 0 Å². The molecule has 0 aromatic carbocycles. The molecule has 2 heteroatoms. The molecule has 1 unspecified atom stereocenters. The standard InChI is InChI=1S/C11H19N2/c1-7-11(5)10(3,4)9(2)13(11)8-12-6/h7-8H,1H2,2-6H3/q+1. The van der Waals surface area contributed by atoms with Gasteiger partial charge in [-0.1, -0.05) is 11.6 Å². The molecule has 0 amide bonds. The molecule has 0 bridgehead atoms. The first-order valence-corrected chi connectivity index (χ1v) is 4.61. The highest BCUT2D eigenvalue weighted by Gasteiger charge is 2.57. The van der Waals surface area contributed by atoms with Crippen LogP contribution in [0.3, 0.4) is 0 Å². The first kappa shape index (κ1) is 10.2. The number of nitrogens with zero attached hydrogens (tertiary/aromatic N) is 2. The van der Waals surface area contributed by atoms with Crippen LogP contribution in [0.4, 0.5) is 0 Å². The zero-order valence-electron chi connectivity index (χ0n) is 9.26. The fourth-order valence-electron chi connectivity index (χ4n) is 1.94. The second kappa shape index (κ2) is 2.79. The minimum absolute atomic E-state index is 0.0105. The van der Waals surface area contributed by atoms with Crippen LogP contribution in [0.25, 0.3) is 0 Å². The smallest absolute Gasteiger partial charge is 0.229 e. The minimum atomic E-state index is 0.0105. The van der Waals surface area contributed by atoms with Crippen molar-refractivity contribution in [3.63, 3.8) is 0 Å². The van der Waals surface area contributed by atoms with Gasteiger partial charge in [-0.15, -0.1) is 0 Å². The maximum atomic E-state index is 4.05. The van der Waals surface area contributed by atoms with Crippen molar-refractivity contribution in [2.45, 2.75) is 33.2 Å². The van der Waals surface area contributed by atoms with E-state index in [9.17, 15) is 0 Å². The highest BCUT2D eigenvalue weighted by atomic mass is 15.2. The van der Waals surface area contributed by atoms with Crippen molar-refractivity contribution in [1.29, 1.82) is 0 Å². The molecule has 0 fully saturated rings. The summed E-state index contributed by atoms with van der Waals surface area (Å²) in [7, 11) is 1.79. The van der Waals surface area contributed by atoms with Gasteiger partial charge >= 0.3 is 0 Å². The lowest BCUT2D eigenvalue weighted by atomic mass is 9.64. The molecule has 0 aromatic rings. The van der Waals surface area contributed by atoms with Gasteiger partial charge in [0.25, 0.3) is 6.34 Å². The third-order valence-corrected chi connectivity index (χ3v) is 3.66. The Kier molecular flexibility index (Phi) is 2.18. The van der Waals surface area contributed by atoms with Gasteiger partial charge in [0.1, 0.15) is 12.6 Å². The zero-order valence-corrected chi connectivity index (χ0v) is 9.26. The first-order valence-electron chi connectivity index (χ1n) is 4.61. The molecule has 2 nitrogen and oxygen atoms in total. The monoisotopic (exact) mass is 179 g/mol. The lowest BCUT2D eigenvalue weighted by Gasteiger charge is -2.49. The molecule has 0 aliphatic carbocycles. The number of hydrogen-bond acceptors (Lipinski definition) is 1. The molecule has 1 aliphatic rings. The molecule has 1 rings (SSSR count). The Morgan fingerprint density at radius 3 is 2.31 bits per heavy atom. The molecular weight excluding hydrogens is 160 g/mol. The average molecular weight is 179 g/mol. The molecule has 0 N–H and O–H groups in total. The van der Waals surface area contributed by atoms with E-state index in [1.165, 1.54) is 5.71 Å². The predicted octanol–water partition coefficient (Wildman–Crippen LogP) is 2.10. The van der Waals surface area contributed by atoms with Gasteiger partial charge in [0.15, 0.2) is 0 Å². The van der Waals surface area contributed by atoms with Crippen molar-refractivity contribution in [3.05, 3.63) is 12.7 Å². The van der Waals surface area contributed by atoms with Gasteiger partial charge in [0.2, 0.25) is 0 Å². The second-order valence-corrected chi connectivity index (χ2v) is 4.31. The summed E-state index contributed by atoms with van der Waals surface area (Å²) in [5, 5.41) is 0. The van der Waals surface area contributed by atoms with E-state index in [0.29, 0.717) is 0 Å². The Morgan fingerprint density at radius 2 is 1.92 bits per heavy atom. The predicted molar refractivity (Wildman–Crippen MR) is 57.7 cm³/mol. The Bertz CT molecular complexity index is 297. The Hall–Kier alpha value is -0.920. The lowest BCUT2D eigenvalue weighted by Crippen LogP contribution is -2.65. The van der Waals surface area contributed by atoms with Crippen LogP contribution in [0.2, 0.25) is 0 Å². The van der Waals surface area contributed by atoms with Crippen molar-refractivity contribution in [2.75, 3.05) is 7.05 Å². The molecule has 0 radical (unpaired) electrons. The van der Waals surface area contributed by atoms with Crippen LogP contribution in [0, 0.1) is 5.41 Å². The molecule has 0 saturated carbocycles. The normalized spacial score (nSPS) is 32.1. The molecule has 1 atom stereocenters. The van der Waals surface area contributed by atoms with Crippen LogP contribution >= 0.6 is 0 Å². The summed E-state index contributed by atoms with van der Waals surface area (Å²) in [4.78, 5) is 4.05. The van der Waals surface area contributed by atoms with E-state index >= 15 is 0 Å². The molecule has 1 aliphatic heterocycles. The third kappa shape index (κ3) is 1.01. The van der Waals surface area contributed by atoms with Gasteiger partial charge in [-0.2, -0.15) is 0 Å². The van der Waals surface area contributed by atoms with Crippen molar-refractivity contribution in [3.8, 4) is 0 Å². The summed E-state index contributed by atoms with van der Waals surface area (Å²) in [5.74, 6) is 0. The van der Waals surface area contributed by atoms with Crippen LogP contribution in [0.5, 0.6) is 0 Å². The van der Waals surface area contributed by atoms with Crippen LogP contribution in [-0.2, 0) is 0 Å². The molecular formula is C11H19N2+. The Labute approximate surface area is 80.7 Å². The molecule has 0 saturated heterocycles. The lowest BCUT2D eigenvalue weighted by molar-refractivity contribution is -0.540. The minimum Gasteiger partial charge on any atom is -0.229 e. The zero-order chi connectivity index (χ0) is 10.3. The average Bonchev–Trinajstić information content (AvgIpc) is 2.11. The summed E-state index contributed by atoms with van der Waals surface area (Å²) >= 11 is 0. The van der Waals surface area contributed by atoms with Crippen molar-refractivity contribution in [1.82, 2.24) is 0 Å². The maximum absolute atomic E-state index is 4.05. The summed E-state index contributed by atoms with van der Waals surface area (Å²) < 4.78 is 2.18. The topological polar surface area (TPSA) is 15.4 Å². The van der Waals surface area contributed by atoms with Crippen LogP contribution < -0.4 is 0 Å². The quantitative estimate of drug-likeness (QED) is 0.267. The van der Waals surface area contributed by atoms with Gasteiger partial charge in [-0.05, 0) is 33.8 Å². The number of hydrogen-bond donors (Lipinski definition) is 0. The third-order valence-electron chi connectivity index (χ3n) is 3.66. The highest BCUT2D eigenvalue weighted by Crippen LogP contribution is 2.43. The maximum Gasteiger partial charge on any atom is 0.280 e. The van der Waals surface area contributed by atoms with Gasteiger partial charge < -0.3 is 0 Å². The van der Waals surface area contributed by atoms with Crippen molar-refractivity contribution < 1.29 is 4.58 Å². The number of rotatable bonds is 2. The van der Waals surface area contributed by atoms with Crippen LogP contribution in [-0.4, -0.2) is 29.2 Å². The van der Waals surface area contributed by atoms with E-state index in [1.54, 1.807) is 7.05 Å². The fraction of sp³-hybridized carbons (Fsp3) is 0.636. The van der Waals surface area contributed by atoms with Crippen LogP contribution in [0.1, 0.15) is 27.7 Å². The molecule has 72 valence electrons. The van der Waals surface area contributed by atoms with E-state index in [-0.39, 0.29) is 11.0 Å². The van der Waals surface area contributed by atoms with Crippen molar-refractivity contribution >= 4 is 12.1 Å². The summed E-state index contributed by atoms with van der Waals surface area (Å²) in [6.07, 6.45) is 3.88.